The number of ether oxygens (including phenoxy) is 1. The Morgan fingerprint density at radius 1 is 1.60 bits per heavy atom. The molecule has 1 atom stereocenters. The van der Waals surface area contributed by atoms with Crippen LogP contribution in [0.3, 0.4) is 0 Å². The van der Waals surface area contributed by atoms with E-state index in [-0.39, 0.29) is 18.6 Å². The van der Waals surface area contributed by atoms with E-state index >= 15 is 0 Å². The van der Waals surface area contributed by atoms with Crippen molar-refractivity contribution in [3.8, 4) is 0 Å². The number of aryl methyl sites for hydroxylation is 2. The molecule has 5 heteroatoms. The lowest BCUT2D eigenvalue weighted by molar-refractivity contribution is -0.139. The Kier molecular flexibility index (Phi) is 4.52. The van der Waals surface area contributed by atoms with E-state index < -0.39 is 5.60 Å². The van der Waals surface area contributed by atoms with Crippen LogP contribution in [0.4, 0.5) is 0 Å². The van der Waals surface area contributed by atoms with E-state index in [1.54, 1.807) is 16.2 Å². The fourth-order valence-corrected chi connectivity index (χ4v) is 3.76. The lowest BCUT2D eigenvalue weighted by Crippen LogP contribution is -2.55. The average Bonchev–Trinajstić information content (AvgIpc) is 2.77. The number of aliphatic hydroxyl groups excluding tert-OH is 1. The summed E-state index contributed by atoms with van der Waals surface area (Å²) in [6.45, 7) is 9.01. The second-order valence-electron chi connectivity index (χ2n) is 5.91. The second kappa shape index (κ2) is 5.84. The van der Waals surface area contributed by atoms with Gasteiger partial charge in [-0.3, -0.25) is 4.79 Å². The summed E-state index contributed by atoms with van der Waals surface area (Å²) in [6.07, 6.45) is 0.651. The van der Waals surface area contributed by atoms with Gasteiger partial charge in [-0.05, 0) is 38.8 Å². The van der Waals surface area contributed by atoms with Gasteiger partial charge in [-0.25, -0.2) is 0 Å². The number of hydrogen-bond donors (Lipinski definition) is 1. The van der Waals surface area contributed by atoms with Crippen molar-refractivity contribution in [1.29, 1.82) is 0 Å². The van der Waals surface area contributed by atoms with E-state index in [1.165, 1.54) is 10.4 Å². The molecule has 1 N–H and O–H groups in total. The molecule has 0 aliphatic carbocycles. The smallest absolute Gasteiger partial charge is 0.264 e. The third kappa shape index (κ3) is 3.22. The standard InChI is InChI=1S/C15H23NO3S/c1-5-11-6-13(20-10(11)2)14(18)16-7-12(8-17)19-15(3,4)9-16/h6,12,17H,5,7-9H2,1-4H3. The summed E-state index contributed by atoms with van der Waals surface area (Å²) in [5.74, 6) is 0.0487. The molecule has 4 nitrogen and oxygen atoms in total. The second-order valence-corrected chi connectivity index (χ2v) is 7.17. The van der Waals surface area contributed by atoms with Crippen LogP contribution in [0.15, 0.2) is 6.07 Å². The topological polar surface area (TPSA) is 49.8 Å². The molecule has 0 bridgehead atoms. The van der Waals surface area contributed by atoms with E-state index in [4.69, 9.17) is 4.74 Å². The van der Waals surface area contributed by atoms with Crippen molar-refractivity contribution in [3.05, 3.63) is 21.4 Å². The molecule has 1 aromatic rings. The van der Waals surface area contributed by atoms with Crippen molar-refractivity contribution < 1.29 is 14.6 Å². The maximum absolute atomic E-state index is 12.6. The van der Waals surface area contributed by atoms with Gasteiger partial charge >= 0.3 is 0 Å². The molecule has 1 aromatic heterocycles. The van der Waals surface area contributed by atoms with E-state index in [9.17, 15) is 9.90 Å². The summed E-state index contributed by atoms with van der Waals surface area (Å²) in [7, 11) is 0. The van der Waals surface area contributed by atoms with E-state index in [0.717, 1.165) is 11.3 Å². The molecule has 2 rings (SSSR count). The van der Waals surface area contributed by atoms with E-state index in [2.05, 4.69) is 13.8 Å². The van der Waals surface area contributed by atoms with Crippen LogP contribution >= 0.6 is 11.3 Å². The number of rotatable bonds is 3. The minimum absolute atomic E-state index is 0.0487. The van der Waals surface area contributed by atoms with Gasteiger partial charge in [0.1, 0.15) is 0 Å². The highest BCUT2D eigenvalue weighted by Crippen LogP contribution is 2.27. The van der Waals surface area contributed by atoms with Gasteiger partial charge in [0.2, 0.25) is 0 Å². The van der Waals surface area contributed by atoms with Crippen molar-refractivity contribution in [3.63, 3.8) is 0 Å². The van der Waals surface area contributed by atoms with Gasteiger partial charge in [0, 0.05) is 18.0 Å². The fraction of sp³-hybridized carbons (Fsp3) is 0.667. The number of carbonyl (C=O) groups excluding carboxylic acids is 1. The molecule has 1 aliphatic rings. The lowest BCUT2D eigenvalue weighted by Gasteiger charge is -2.42. The molecular weight excluding hydrogens is 274 g/mol. The molecule has 1 unspecified atom stereocenters. The number of hydrogen-bond acceptors (Lipinski definition) is 4. The van der Waals surface area contributed by atoms with Gasteiger partial charge < -0.3 is 14.7 Å². The number of amides is 1. The molecule has 1 saturated heterocycles. The molecule has 2 heterocycles. The van der Waals surface area contributed by atoms with Crippen LogP contribution < -0.4 is 0 Å². The first-order valence-corrected chi connectivity index (χ1v) is 7.85. The summed E-state index contributed by atoms with van der Waals surface area (Å²) in [5.41, 5.74) is 0.825. The third-order valence-corrected chi connectivity index (χ3v) is 4.67. The van der Waals surface area contributed by atoms with Gasteiger partial charge in [-0.1, -0.05) is 6.92 Å². The molecule has 1 fully saturated rings. The van der Waals surface area contributed by atoms with Crippen molar-refractivity contribution in [2.45, 2.75) is 45.8 Å². The summed E-state index contributed by atoms with van der Waals surface area (Å²) in [6, 6.07) is 2.00. The van der Waals surface area contributed by atoms with Gasteiger partial charge in [0.25, 0.3) is 5.91 Å². The Labute approximate surface area is 124 Å². The van der Waals surface area contributed by atoms with Crippen LogP contribution in [0.2, 0.25) is 0 Å². The maximum atomic E-state index is 12.6. The van der Waals surface area contributed by atoms with Crippen LogP contribution in [0, 0.1) is 6.92 Å². The molecule has 0 spiro atoms. The number of nitrogens with zero attached hydrogens (tertiary/aromatic N) is 1. The van der Waals surface area contributed by atoms with Gasteiger partial charge in [-0.2, -0.15) is 0 Å². The van der Waals surface area contributed by atoms with Crippen LogP contribution in [0.25, 0.3) is 0 Å². The summed E-state index contributed by atoms with van der Waals surface area (Å²) >= 11 is 1.56. The normalized spacial score (nSPS) is 22.1. The zero-order chi connectivity index (χ0) is 14.9. The Balaban J connectivity index is 2.18. The third-order valence-electron chi connectivity index (χ3n) is 3.58. The quantitative estimate of drug-likeness (QED) is 0.931. The molecule has 1 amide bonds. The van der Waals surface area contributed by atoms with Crippen molar-refractivity contribution in [2.24, 2.45) is 0 Å². The van der Waals surface area contributed by atoms with Crippen LogP contribution in [0.5, 0.6) is 0 Å². The highest BCUT2D eigenvalue weighted by Gasteiger charge is 2.36. The summed E-state index contributed by atoms with van der Waals surface area (Å²) in [5, 5.41) is 9.32. The van der Waals surface area contributed by atoms with Crippen LogP contribution in [-0.2, 0) is 11.2 Å². The molecule has 1 aliphatic heterocycles. The van der Waals surface area contributed by atoms with Gasteiger partial charge in [0.15, 0.2) is 0 Å². The lowest BCUT2D eigenvalue weighted by atomic mass is 10.0. The SMILES string of the molecule is CCc1cc(C(=O)N2CC(CO)OC(C)(C)C2)sc1C. The number of thiophene rings is 1. The first-order chi connectivity index (χ1) is 9.36. The number of aliphatic hydroxyl groups is 1. The molecule has 0 saturated carbocycles. The molecule has 20 heavy (non-hydrogen) atoms. The highest BCUT2D eigenvalue weighted by atomic mass is 32.1. The maximum Gasteiger partial charge on any atom is 0.264 e. The number of carbonyl (C=O) groups is 1. The Morgan fingerprint density at radius 3 is 2.85 bits per heavy atom. The van der Waals surface area contributed by atoms with E-state index in [0.29, 0.717) is 13.1 Å². The monoisotopic (exact) mass is 297 g/mol. The van der Waals surface area contributed by atoms with Crippen molar-refractivity contribution in [1.82, 2.24) is 4.90 Å². The molecule has 0 aromatic carbocycles. The molecular formula is C15H23NO3S. The number of morpholine rings is 1. The van der Waals surface area contributed by atoms with Crippen molar-refractivity contribution >= 4 is 17.2 Å². The van der Waals surface area contributed by atoms with Gasteiger partial charge in [-0.15, -0.1) is 11.3 Å². The molecule has 112 valence electrons. The fourth-order valence-electron chi connectivity index (χ4n) is 2.68. The van der Waals surface area contributed by atoms with Crippen LogP contribution in [-0.4, -0.2) is 47.3 Å². The summed E-state index contributed by atoms with van der Waals surface area (Å²) < 4.78 is 5.75. The van der Waals surface area contributed by atoms with Gasteiger partial charge in [0.05, 0.1) is 23.2 Å². The molecule has 0 radical (unpaired) electrons. The summed E-state index contributed by atoms with van der Waals surface area (Å²) in [4.78, 5) is 16.4. The Bertz CT molecular complexity index is 495. The Morgan fingerprint density at radius 2 is 2.30 bits per heavy atom. The largest absolute Gasteiger partial charge is 0.394 e. The first-order valence-electron chi connectivity index (χ1n) is 7.03. The van der Waals surface area contributed by atoms with Crippen LogP contribution in [0.1, 0.15) is 40.9 Å². The highest BCUT2D eigenvalue weighted by molar-refractivity contribution is 7.14. The van der Waals surface area contributed by atoms with E-state index in [1.807, 2.05) is 19.9 Å². The predicted molar refractivity (Wildman–Crippen MR) is 80.4 cm³/mol. The minimum Gasteiger partial charge on any atom is -0.394 e. The first kappa shape index (κ1) is 15.5. The zero-order valence-corrected chi connectivity index (χ0v) is 13.4. The Hall–Kier alpha value is -0.910. The minimum atomic E-state index is -0.415. The zero-order valence-electron chi connectivity index (χ0n) is 12.6. The predicted octanol–water partition coefficient (Wildman–Crippen LogP) is 2.23. The average molecular weight is 297 g/mol. The van der Waals surface area contributed by atoms with Crippen molar-refractivity contribution in [2.75, 3.05) is 19.7 Å².